The molecule has 0 atom stereocenters. The molecule has 1 heterocycles. The lowest BCUT2D eigenvalue weighted by Crippen LogP contribution is -2.41. The molecule has 1 aromatic rings. The largest absolute Gasteiger partial charge is 0.495 e. The Bertz CT molecular complexity index is 645. The van der Waals surface area contributed by atoms with Crippen molar-refractivity contribution in [2.75, 3.05) is 7.11 Å². The Labute approximate surface area is 131 Å². The molecule has 0 bridgehead atoms. The normalized spacial score (nSPS) is 21.5. The molecule has 0 saturated carbocycles. The highest BCUT2D eigenvalue weighted by Gasteiger charge is 2.53. The first-order chi connectivity index (χ1) is 10.2. The van der Waals surface area contributed by atoms with E-state index in [0.29, 0.717) is 5.56 Å². The highest BCUT2D eigenvalue weighted by Crippen LogP contribution is 2.42. The van der Waals surface area contributed by atoms with E-state index in [1.807, 2.05) is 39.8 Å². The molecule has 0 unspecified atom stereocenters. The van der Waals surface area contributed by atoms with Gasteiger partial charge in [-0.2, -0.15) is 0 Å². The summed E-state index contributed by atoms with van der Waals surface area (Å²) in [6, 6.07) is 5.62. The Morgan fingerprint density at radius 3 is 2.41 bits per heavy atom. The zero-order valence-electron chi connectivity index (χ0n) is 13.7. The number of carbonyl (C=O) groups excluding carboxylic acids is 1. The molecule has 3 rings (SSSR count). The van der Waals surface area contributed by atoms with Gasteiger partial charge in [0.05, 0.1) is 23.9 Å². The van der Waals surface area contributed by atoms with Crippen molar-refractivity contribution in [3.63, 3.8) is 0 Å². The molecule has 1 saturated heterocycles. The van der Waals surface area contributed by atoms with Gasteiger partial charge in [-0.15, -0.1) is 0 Å². The molecule has 1 fully saturated rings. The molecule has 0 radical (unpaired) electrons. The van der Waals surface area contributed by atoms with Crippen LogP contribution in [0.2, 0.25) is 0 Å². The number of esters is 1. The average molecular weight is 300 g/mol. The predicted molar refractivity (Wildman–Crippen MR) is 85.5 cm³/mol. The second-order valence-corrected chi connectivity index (χ2v) is 6.82. The van der Waals surface area contributed by atoms with Gasteiger partial charge in [-0.25, -0.2) is 4.79 Å². The monoisotopic (exact) mass is 300 g/mol. The Balaban J connectivity index is 1.88. The summed E-state index contributed by atoms with van der Waals surface area (Å²) >= 11 is 0. The van der Waals surface area contributed by atoms with Crippen LogP contribution in [-0.2, 0) is 20.5 Å². The molecule has 0 spiro atoms. The fraction of sp³-hybridized carbons (Fsp3) is 0.471. The van der Waals surface area contributed by atoms with Gasteiger partial charge in [0.2, 0.25) is 0 Å². The first-order valence-corrected chi connectivity index (χ1v) is 7.52. The smallest absolute Gasteiger partial charge is 0.465 e. The Kier molecular flexibility index (Phi) is 3.46. The molecule has 22 heavy (non-hydrogen) atoms. The van der Waals surface area contributed by atoms with E-state index in [1.165, 1.54) is 7.11 Å². The maximum Gasteiger partial charge on any atom is 0.495 e. The summed E-state index contributed by atoms with van der Waals surface area (Å²) in [7, 11) is 1.03. The number of fused-ring (bicyclic) bond motifs is 1. The average Bonchev–Trinajstić information content (AvgIpc) is 2.96. The fourth-order valence-corrected chi connectivity index (χ4v) is 2.81. The number of benzene rings is 1. The summed E-state index contributed by atoms with van der Waals surface area (Å²) in [4.78, 5) is 11.6. The van der Waals surface area contributed by atoms with E-state index in [-0.39, 0.29) is 24.3 Å². The van der Waals surface area contributed by atoms with E-state index in [2.05, 4.69) is 6.08 Å². The lowest BCUT2D eigenvalue weighted by molar-refractivity contribution is 0.00578. The van der Waals surface area contributed by atoms with Gasteiger partial charge in [-0.3, -0.25) is 0 Å². The number of ether oxygens (including phenoxy) is 1. The number of methoxy groups -OCH3 is 1. The standard InChI is InChI=1S/C17H21BO4/c1-16(2)17(3,4)22-18(21-16)14-9-7-11-10-12(15(19)20-5)6-8-13(11)14/h6,8-10H,7H2,1-5H3. The lowest BCUT2D eigenvalue weighted by Gasteiger charge is -2.32. The van der Waals surface area contributed by atoms with Crippen LogP contribution in [0.15, 0.2) is 24.3 Å². The minimum absolute atomic E-state index is 0.313. The molecule has 116 valence electrons. The second-order valence-electron chi connectivity index (χ2n) is 6.82. The molecule has 4 nitrogen and oxygen atoms in total. The number of hydrogen-bond donors (Lipinski definition) is 0. The zero-order chi connectivity index (χ0) is 16.1. The minimum Gasteiger partial charge on any atom is -0.465 e. The highest BCUT2D eigenvalue weighted by atomic mass is 16.7. The van der Waals surface area contributed by atoms with Crippen LogP contribution in [-0.4, -0.2) is 31.4 Å². The van der Waals surface area contributed by atoms with Gasteiger partial charge in [0, 0.05) is 0 Å². The molecule has 5 heteroatoms. The lowest BCUT2D eigenvalue weighted by atomic mass is 9.75. The van der Waals surface area contributed by atoms with Gasteiger partial charge >= 0.3 is 13.1 Å². The van der Waals surface area contributed by atoms with Gasteiger partial charge in [0.1, 0.15) is 0 Å². The van der Waals surface area contributed by atoms with E-state index in [0.717, 1.165) is 23.0 Å². The number of hydrogen-bond acceptors (Lipinski definition) is 4. The Hall–Kier alpha value is -1.59. The van der Waals surface area contributed by atoms with Gasteiger partial charge in [0.25, 0.3) is 0 Å². The first kappa shape index (κ1) is 15.3. The maximum atomic E-state index is 11.6. The van der Waals surface area contributed by atoms with Crippen molar-refractivity contribution in [2.45, 2.75) is 45.3 Å². The van der Waals surface area contributed by atoms with Crippen LogP contribution in [0, 0.1) is 0 Å². The molecule has 1 aliphatic heterocycles. The van der Waals surface area contributed by atoms with Crippen LogP contribution in [0.4, 0.5) is 0 Å². The van der Waals surface area contributed by atoms with Crippen molar-refractivity contribution >= 4 is 18.6 Å². The molecule has 0 aromatic heterocycles. The third-order valence-corrected chi connectivity index (χ3v) is 4.89. The van der Waals surface area contributed by atoms with Crippen molar-refractivity contribution in [2.24, 2.45) is 0 Å². The van der Waals surface area contributed by atoms with Crippen molar-refractivity contribution < 1.29 is 18.8 Å². The van der Waals surface area contributed by atoms with Crippen LogP contribution in [0.25, 0.3) is 5.47 Å². The van der Waals surface area contributed by atoms with E-state index in [4.69, 9.17) is 14.0 Å². The van der Waals surface area contributed by atoms with Crippen molar-refractivity contribution in [1.29, 1.82) is 0 Å². The van der Waals surface area contributed by atoms with Gasteiger partial charge in [-0.1, -0.05) is 12.1 Å². The molecule has 0 amide bonds. The van der Waals surface area contributed by atoms with E-state index in [9.17, 15) is 4.79 Å². The van der Waals surface area contributed by atoms with Crippen LogP contribution in [0.5, 0.6) is 0 Å². The fourth-order valence-electron chi connectivity index (χ4n) is 2.81. The maximum absolute atomic E-state index is 11.6. The molecular weight excluding hydrogens is 279 g/mol. The number of rotatable bonds is 2. The van der Waals surface area contributed by atoms with Crippen molar-refractivity contribution in [3.8, 4) is 0 Å². The molecule has 0 N–H and O–H groups in total. The SMILES string of the molecule is COC(=O)c1ccc2c(c1)CC=C2B1OC(C)(C)C(C)(C)O1. The third kappa shape index (κ3) is 2.29. The summed E-state index contributed by atoms with van der Waals surface area (Å²) in [6.07, 6.45) is 2.90. The van der Waals surface area contributed by atoms with E-state index in [1.54, 1.807) is 6.07 Å². The highest BCUT2D eigenvalue weighted by molar-refractivity contribution is 6.69. The quantitative estimate of drug-likeness (QED) is 0.622. The van der Waals surface area contributed by atoms with Gasteiger partial charge < -0.3 is 14.0 Å². The van der Waals surface area contributed by atoms with Gasteiger partial charge in [-0.05, 0) is 62.8 Å². The molecule has 1 aliphatic carbocycles. The van der Waals surface area contributed by atoms with Crippen LogP contribution in [0.3, 0.4) is 0 Å². The topological polar surface area (TPSA) is 44.8 Å². The van der Waals surface area contributed by atoms with Gasteiger partial charge in [0.15, 0.2) is 0 Å². The third-order valence-electron chi connectivity index (χ3n) is 4.89. The van der Waals surface area contributed by atoms with Crippen LogP contribution >= 0.6 is 0 Å². The summed E-state index contributed by atoms with van der Waals surface area (Å²) in [5.41, 5.74) is 3.11. The zero-order valence-corrected chi connectivity index (χ0v) is 13.7. The van der Waals surface area contributed by atoms with E-state index >= 15 is 0 Å². The number of allylic oxidation sites excluding steroid dienone is 1. The molecule has 2 aliphatic rings. The van der Waals surface area contributed by atoms with Crippen molar-refractivity contribution in [3.05, 3.63) is 41.0 Å². The summed E-state index contributed by atoms with van der Waals surface area (Å²) in [5, 5.41) is 0. The predicted octanol–water partition coefficient (Wildman–Crippen LogP) is 3.04. The molecule has 1 aromatic carbocycles. The molecular formula is C17H21BO4. The summed E-state index contributed by atoms with van der Waals surface area (Å²) < 4.78 is 17.0. The Morgan fingerprint density at radius 1 is 1.18 bits per heavy atom. The van der Waals surface area contributed by atoms with Crippen molar-refractivity contribution in [1.82, 2.24) is 0 Å². The number of carbonyl (C=O) groups is 1. The second kappa shape index (κ2) is 4.96. The summed E-state index contributed by atoms with van der Waals surface area (Å²) in [5.74, 6) is -0.313. The van der Waals surface area contributed by atoms with E-state index < -0.39 is 0 Å². The minimum atomic E-state index is -0.366. The van der Waals surface area contributed by atoms with Crippen LogP contribution < -0.4 is 0 Å². The summed E-state index contributed by atoms with van der Waals surface area (Å²) in [6.45, 7) is 8.18. The first-order valence-electron chi connectivity index (χ1n) is 7.52. The van der Waals surface area contributed by atoms with Crippen LogP contribution in [0.1, 0.15) is 49.2 Å². The Morgan fingerprint density at radius 2 is 1.82 bits per heavy atom.